The summed E-state index contributed by atoms with van der Waals surface area (Å²) in [5.74, 6) is 0. The van der Waals surface area contributed by atoms with Gasteiger partial charge in [0.25, 0.3) is 0 Å². The molecule has 0 radical (unpaired) electrons. The maximum Gasteiger partial charge on any atom is 0.0201 e. The van der Waals surface area contributed by atoms with Crippen LogP contribution in [0.2, 0.25) is 0 Å². The normalized spacial score (nSPS) is 29.4. The van der Waals surface area contributed by atoms with Crippen LogP contribution in [0, 0.1) is 6.92 Å². The van der Waals surface area contributed by atoms with E-state index in [1.807, 2.05) is 11.3 Å². The van der Waals surface area contributed by atoms with Crippen molar-refractivity contribution >= 4 is 11.3 Å². The van der Waals surface area contributed by atoms with E-state index in [-0.39, 0.29) is 0 Å². The van der Waals surface area contributed by atoms with Gasteiger partial charge in [-0.15, -0.1) is 11.3 Å². The quantitative estimate of drug-likeness (QED) is 0.786. The smallest absolute Gasteiger partial charge is 0.0201 e. The Balaban J connectivity index is 1.89. The second kappa shape index (κ2) is 3.07. The molecule has 2 aliphatic rings. The predicted octanol–water partition coefficient (Wildman–Crippen LogP) is 2.84. The van der Waals surface area contributed by atoms with Crippen LogP contribution in [0.4, 0.5) is 0 Å². The molecular weight excluding hydrogens is 190 g/mol. The van der Waals surface area contributed by atoms with E-state index in [9.17, 15) is 0 Å². The molecule has 3 rings (SSSR count). The first-order valence-electron chi connectivity index (χ1n) is 5.62. The van der Waals surface area contributed by atoms with Gasteiger partial charge < -0.3 is 5.32 Å². The maximum atomic E-state index is 3.67. The van der Waals surface area contributed by atoms with Crippen molar-refractivity contribution in [1.29, 1.82) is 0 Å². The largest absolute Gasteiger partial charge is 0.313 e. The van der Waals surface area contributed by atoms with E-state index in [0.717, 1.165) is 6.04 Å². The van der Waals surface area contributed by atoms with Crippen LogP contribution in [0.25, 0.3) is 0 Å². The number of nitrogens with one attached hydrogen (secondary N) is 1. The van der Waals surface area contributed by atoms with Gasteiger partial charge in [-0.2, -0.15) is 0 Å². The molecule has 1 aromatic heterocycles. The van der Waals surface area contributed by atoms with Gasteiger partial charge in [-0.3, -0.25) is 0 Å². The third-order valence-electron chi connectivity index (χ3n) is 3.75. The number of aryl methyl sites for hydroxylation is 1. The highest BCUT2D eigenvalue weighted by molar-refractivity contribution is 7.12. The highest BCUT2D eigenvalue weighted by Gasteiger charge is 2.51. The first-order valence-corrected chi connectivity index (χ1v) is 6.43. The molecule has 1 aromatic rings. The van der Waals surface area contributed by atoms with Crippen molar-refractivity contribution in [3.05, 3.63) is 21.9 Å². The van der Waals surface area contributed by atoms with E-state index in [4.69, 9.17) is 0 Å². The molecule has 1 aliphatic heterocycles. The van der Waals surface area contributed by atoms with Crippen molar-refractivity contribution in [3.63, 3.8) is 0 Å². The SMILES string of the molecule is Cc1ccc(C2(C3CCCN3)CC2)s1. The van der Waals surface area contributed by atoms with Crippen molar-refractivity contribution in [1.82, 2.24) is 5.32 Å². The minimum Gasteiger partial charge on any atom is -0.313 e. The van der Waals surface area contributed by atoms with Gasteiger partial charge in [0.1, 0.15) is 0 Å². The molecular formula is C12H17NS. The summed E-state index contributed by atoms with van der Waals surface area (Å²) >= 11 is 2.00. The van der Waals surface area contributed by atoms with Gasteiger partial charge in [0.05, 0.1) is 0 Å². The fraction of sp³-hybridized carbons (Fsp3) is 0.667. The second-order valence-corrected chi connectivity index (χ2v) is 6.00. The molecule has 0 bridgehead atoms. The Morgan fingerprint density at radius 2 is 2.29 bits per heavy atom. The van der Waals surface area contributed by atoms with E-state index in [0.29, 0.717) is 5.41 Å². The summed E-state index contributed by atoms with van der Waals surface area (Å²) < 4.78 is 0. The summed E-state index contributed by atoms with van der Waals surface area (Å²) in [6.45, 7) is 3.45. The van der Waals surface area contributed by atoms with E-state index in [2.05, 4.69) is 24.4 Å². The lowest BCUT2D eigenvalue weighted by atomic mass is 9.93. The molecule has 1 saturated heterocycles. The molecule has 0 amide bonds. The third-order valence-corrected chi connectivity index (χ3v) is 4.97. The Morgan fingerprint density at radius 1 is 1.43 bits per heavy atom. The zero-order valence-corrected chi connectivity index (χ0v) is 9.49. The van der Waals surface area contributed by atoms with E-state index in [1.54, 1.807) is 4.88 Å². The molecule has 14 heavy (non-hydrogen) atoms. The lowest BCUT2D eigenvalue weighted by molar-refractivity contribution is 0.479. The van der Waals surface area contributed by atoms with Crippen molar-refractivity contribution in [2.75, 3.05) is 6.54 Å². The summed E-state index contributed by atoms with van der Waals surface area (Å²) in [7, 11) is 0. The summed E-state index contributed by atoms with van der Waals surface area (Å²) in [4.78, 5) is 3.10. The van der Waals surface area contributed by atoms with Crippen LogP contribution >= 0.6 is 11.3 Å². The first kappa shape index (κ1) is 8.93. The minimum absolute atomic E-state index is 0.551. The monoisotopic (exact) mass is 207 g/mol. The molecule has 2 heteroatoms. The van der Waals surface area contributed by atoms with Gasteiger partial charge in [0, 0.05) is 21.2 Å². The number of hydrogen-bond acceptors (Lipinski definition) is 2. The molecule has 0 aromatic carbocycles. The summed E-state index contributed by atoms with van der Waals surface area (Å²) in [5, 5.41) is 3.67. The Kier molecular flexibility index (Phi) is 1.96. The second-order valence-electron chi connectivity index (χ2n) is 4.72. The van der Waals surface area contributed by atoms with Gasteiger partial charge in [-0.05, 0) is 51.3 Å². The van der Waals surface area contributed by atoms with Gasteiger partial charge in [-0.1, -0.05) is 0 Å². The van der Waals surface area contributed by atoms with Crippen LogP contribution in [0.1, 0.15) is 35.4 Å². The van der Waals surface area contributed by atoms with Crippen LogP contribution < -0.4 is 5.32 Å². The lowest BCUT2D eigenvalue weighted by Crippen LogP contribution is -2.34. The molecule has 1 N–H and O–H groups in total. The Labute approximate surface area is 89.5 Å². The predicted molar refractivity (Wildman–Crippen MR) is 61.0 cm³/mol. The fourth-order valence-corrected chi connectivity index (χ4v) is 3.93. The van der Waals surface area contributed by atoms with Crippen LogP contribution in [0.5, 0.6) is 0 Å². The molecule has 1 unspecified atom stereocenters. The summed E-state index contributed by atoms with van der Waals surface area (Å²) in [5.41, 5.74) is 0.551. The van der Waals surface area contributed by atoms with Crippen molar-refractivity contribution in [2.24, 2.45) is 0 Å². The maximum absolute atomic E-state index is 3.67. The molecule has 2 fully saturated rings. The van der Waals surface area contributed by atoms with E-state index < -0.39 is 0 Å². The van der Waals surface area contributed by atoms with Crippen molar-refractivity contribution in [3.8, 4) is 0 Å². The Bertz CT molecular complexity index is 332. The summed E-state index contributed by atoms with van der Waals surface area (Å²) in [6.07, 6.45) is 5.57. The molecule has 1 saturated carbocycles. The van der Waals surface area contributed by atoms with Gasteiger partial charge in [0.15, 0.2) is 0 Å². The average Bonchev–Trinajstić information content (AvgIpc) is 2.68. The lowest BCUT2D eigenvalue weighted by Gasteiger charge is -2.21. The molecule has 0 spiro atoms. The molecule has 1 atom stereocenters. The van der Waals surface area contributed by atoms with Crippen LogP contribution in [-0.2, 0) is 5.41 Å². The van der Waals surface area contributed by atoms with Gasteiger partial charge in [0.2, 0.25) is 0 Å². The fourth-order valence-electron chi connectivity index (χ4n) is 2.76. The Hall–Kier alpha value is -0.340. The Morgan fingerprint density at radius 3 is 2.79 bits per heavy atom. The zero-order chi connectivity index (χ0) is 9.60. The van der Waals surface area contributed by atoms with Crippen LogP contribution in [-0.4, -0.2) is 12.6 Å². The van der Waals surface area contributed by atoms with Gasteiger partial charge >= 0.3 is 0 Å². The highest BCUT2D eigenvalue weighted by Crippen LogP contribution is 2.54. The topological polar surface area (TPSA) is 12.0 Å². The average molecular weight is 207 g/mol. The molecule has 2 heterocycles. The minimum atomic E-state index is 0.551. The van der Waals surface area contributed by atoms with Crippen LogP contribution in [0.3, 0.4) is 0 Å². The first-order chi connectivity index (χ1) is 6.81. The number of rotatable bonds is 2. The highest BCUT2D eigenvalue weighted by atomic mass is 32.1. The third kappa shape index (κ3) is 1.24. The molecule has 76 valence electrons. The molecule has 1 nitrogen and oxygen atoms in total. The van der Waals surface area contributed by atoms with Gasteiger partial charge in [-0.25, -0.2) is 0 Å². The summed E-state index contributed by atoms with van der Waals surface area (Å²) in [6, 6.07) is 5.41. The molecule has 1 aliphatic carbocycles. The van der Waals surface area contributed by atoms with Crippen molar-refractivity contribution in [2.45, 2.75) is 44.1 Å². The number of hydrogen-bond donors (Lipinski definition) is 1. The zero-order valence-electron chi connectivity index (χ0n) is 8.68. The standard InChI is InChI=1S/C12H17NS/c1-9-4-5-11(14-9)12(6-7-12)10-3-2-8-13-10/h4-5,10,13H,2-3,6-8H2,1H3. The van der Waals surface area contributed by atoms with E-state index in [1.165, 1.54) is 37.1 Å². The van der Waals surface area contributed by atoms with Crippen molar-refractivity contribution < 1.29 is 0 Å². The van der Waals surface area contributed by atoms with Crippen LogP contribution in [0.15, 0.2) is 12.1 Å². The van der Waals surface area contributed by atoms with E-state index >= 15 is 0 Å². The number of thiophene rings is 1.